The van der Waals surface area contributed by atoms with Crippen LogP contribution in [0.2, 0.25) is 0 Å². The number of piperazine rings is 1. The molecule has 0 amide bonds. The second kappa shape index (κ2) is 8.78. The highest BCUT2D eigenvalue weighted by Crippen LogP contribution is 2.20. The molecule has 0 radical (unpaired) electrons. The minimum Gasteiger partial charge on any atom is -0.395 e. The van der Waals surface area contributed by atoms with E-state index in [2.05, 4.69) is 65.9 Å². The van der Waals surface area contributed by atoms with Crippen LogP contribution in [0.5, 0.6) is 0 Å². The third kappa shape index (κ3) is 6.60. The van der Waals surface area contributed by atoms with Crippen LogP contribution in [0.4, 0.5) is 0 Å². The van der Waals surface area contributed by atoms with Gasteiger partial charge in [-0.2, -0.15) is 0 Å². The van der Waals surface area contributed by atoms with Crippen LogP contribution in [0, 0.1) is 5.41 Å². The Morgan fingerprint density at radius 3 is 2.26 bits per heavy atom. The molecule has 1 N–H and O–H groups in total. The number of rotatable bonds is 8. The third-order valence-electron chi connectivity index (χ3n) is 4.53. The van der Waals surface area contributed by atoms with E-state index in [-0.39, 0.29) is 12.0 Å². The maximum atomic E-state index is 9.03. The molecule has 1 aliphatic rings. The molecular formula is C19H33N3O. The van der Waals surface area contributed by atoms with E-state index >= 15 is 0 Å². The molecule has 0 aliphatic carbocycles. The number of hydrogen-bond acceptors (Lipinski definition) is 4. The molecule has 4 nitrogen and oxygen atoms in total. The Morgan fingerprint density at radius 2 is 1.65 bits per heavy atom. The molecule has 4 heteroatoms. The van der Waals surface area contributed by atoms with Crippen LogP contribution in [0.15, 0.2) is 30.3 Å². The highest BCUT2D eigenvalue weighted by Gasteiger charge is 2.26. The van der Waals surface area contributed by atoms with Crippen LogP contribution in [0.25, 0.3) is 0 Å². The van der Waals surface area contributed by atoms with E-state index in [0.717, 1.165) is 52.4 Å². The van der Waals surface area contributed by atoms with Gasteiger partial charge >= 0.3 is 0 Å². The minimum absolute atomic E-state index is 0.274. The summed E-state index contributed by atoms with van der Waals surface area (Å²) in [5.74, 6) is 0. The van der Waals surface area contributed by atoms with Crippen molar-refractivity contribution in [2.75, 3.05) is 59.5 Å². The van der Waals surface area contributed by atoms with Gasteiger partial charge in [0.05, 0.1) is 6.61 Å². The maximum Gasteiger partial charge on any atom is 0.0558 e. The summed E-state index contributed by atoms with van der Waals surface area (Å²) in [6.07, 6.45) is 0. The topological polar surface area (TPSA) is 30.0 Å². The smallest absolute Gasteiger partial charge is 0.0558 e. The molecule has 1 aromatic carbocycles. The van der Waals surface area contributed by atoms with Crippen molar-refractivity contribution in [1.29, 1.82) is 0 Å². The monoisotopic (exact) mass is 319 g/mol. The van der Waals surface area contributed by atoms with Crippen LogP contribution in [0.3, 0.4) is 0 Å². The molecule has 0 atom stereocenters. The zero-order valence-corrected chi connectivity index (χ0v) is 15.0. The van der Waals surface area contributed by atoms with E-state index in [1.807, 2.05) is 0 Å². The number of hydrogen-bond donors (Lipinski definition) is 1. The van der Waals surface area contributed by atoms with E-state index < -0.39 is 0 Å². The minimum atomic E-state index is 0.274. The molecule has 1 aliphatic heterocycles. The average Bonchev–Trinajstić information content (AvgIpc) is 2.49. The molecule has 1 saturated heterocycles. The SMILES string of the molecule is CN(Cc1ccccc1)CC(C)(C)CN1CCN(CCO)CC1. The molecule has 0 unspecified atom stereocenters. The first-order valence-corrected chi connectivity index (χ1v) is 8.76. The van der Waals surface area contributed by atoms with Crippen molar-refractivity contribution < 1.29 is 5.11 Å². The quantitative estimate of drug-likeness (QED) is 0.791. The molecule has 130 valence electrons. The second-order valence-electron chi connectivity index (χ2n) is 7.66. The van der Waals surface area contributed by atoms with E-state index in [4.69, 9.17) is 5.11 Å². The van der Waals surface area contributed by atoms with Gasteiger partial charge in [0.25, 0.3) is 0 Å². The van der Waals surface area contributed by atoms with Gasteiger partial charge in [0.15, 0.2) is 0 Å². The van der Waals surface area contributed by atoms with Crippen molar-refractivity contribution >= 4 is 0 Å². The Hall–Kier alpha value is -0.940. The molecule has 2 rings (SSSR count). The highest BCUT2D eigenvalue weighted by molar-refractivity contribution is 5.14. The van der Waals surface area contributed by atoms with Gasteiger partial charge < -0.3 is 14.9 Å². The lowest BCUT2D eigenvalue weighted by Crippen LogP contribution is -2.50. The number of nitrogens with zero attached hydrogens (tertiary/aromatic N) is 3. The predicted molar refractivity (Wildman–Crippen MR) is 96.5 cm³/mol. The van der Waals surface area contributed by atoms with E-state index in [0.29, 0.717) is 0 Å². The fourth-order valence-corrected chi connectivity index (χ4v) is 3.65. The van der Waals surface area contributed by atoms with Crippen molar-refractivity contribution in [2.45, 2.75) is 20.4 Å². The largest absolute Gasteiger partial charge is 0.395 e. The summed E-state index contributed by atoms with van der Waals surface area (Å²) < 4.78 is 0. The summed E-state index contributed by atoms with van der Waals surface area (Å²) in [6.45, 7) is 13.5. The summed E-state index contributed by atoms with van der Waals surface area (Å²) in [6, 6.07) is 10.7. The summed E-state index contributed by atoms with van der Waals surface area (Å²) in [5, 5.41) is 9.03. The third-order valence-corrected chi connectivity index (χ3v) is 4.53. The molecule has 0 spiro atoms. The van der Waals surface area contributed by atoms with Gasteiger partial charge in [0.2, 0.25) is 0 Å². The first-order valence-electron chi connectivity index (χ1n) is 8.76. The molecule has 1 fully saturated rings. The Balaban J connectivity index is 1.75. The Bertz CT molecular complexity index is 441. The van der Waals surface area contributed by atoms with Crippen molar-refractivity contribution in [3.05, 3.63) is 35.9 Å². The maximum absolute atomic E-state index is 9.03. The molecule has 0 saturated carbocycles. The number of β-amino-alcohol motifs (C(OH)–C–C–N with tert-alkyl or cyclic N) is 1. The van der Waals surface area contributed by atoms with Crippen LogP contribution in [-0.4, -0.2) is 79.3 Å². The fourth-order valence-electron chi connectivity index (χ4n) is 3.65. The van der Waals surface area contributed by atoms with Crippen molar-refractivity contribution in [3.63, 3.8) is 0 Å². The van der Waals surface area contributed by atoms with Crippen molar-refractivity contribution in [2.24, 2.45) is 5.41 Å². The van der Waals surface area contributed by atoms with E-state index in [1.165, 1.54) is 5.56 Å². The van der Waals surface area contributed by atoms with E-state index in [1.54, 1.807) is 0 Å². The van der Waals surface area contributed by atoms with Crippen LogP contribution in [0.1, 0.15) is 19.4 Å². The average molecular weight is 319 g/mol. The lowest BCUT2D eigenvalue weighted by atomic mass is 9.91. The molecule has 23 heavy (non-hydrogen) atoms. The van der Waals surface area contributed by atoms with Gasteiger partial charge in [-0.15, -0.1) is 0 Å². The summed E-state index contributed by atoms with van der Waals surface area (Å²) in [5.41, 5.74) is 1.66. The summed E-state index contributed by atoms with van der Waals surface area (Å²) in [4.78, 5) is 7.35. The van der Waals surface area contributed by atoms with Gasteiger partial charge in [-0.3, -0.25) is 4.90 Å². The van der Waals surface area contributed by atoms with Crippen LogP contribution >= 0.6 is 0 Å². The number of benzene rings is 1. The second-order valence-corrected chi connectivity index (χ2v) is 7.66. The Kier molecular flexibility index (Phi) is 7.03. The Labute approximate surface area is 141 Å². The van der Waals surface area contributed by atoms with Crippen LogP contribution < -0.4 is 0 Å². The first-order chi connectivity index (χ1) is 11.0. The van der Waals surface area contributed by atoms with Crippen LogP contribution in [-0.2, 0) is 6.54 Å². The lowest BCUT2D eigenvalue weighted by Gasteiger charge is -2.40. The number of aliphatic hydroxyl groups is 1. The molecular weight excluding hydrogens is 286 g/mol. The normalized spacial score (nSPS) is 17.8. The predicted octanol–water partition coefficient (Wildman–Crippen LogP) is 1.75. The van der Waals surface area contributed by atoms with Gasteiger partial charge in [-0.05, 0) is 18.0 Å². The fraction of sp³-hybridized carbons (Fsp3) is 0.684. The standard InChI is InChI=1S/C19H33N3O/c1-19(2,16-20(3)15-18-7-5-4-6-8-18)17-22-11-9-21(10-12-22)13-14-23/h4-8,23H,9-17H2,1-3H3. The summed E-state index contributed by atoms with van der Waals surface area (Å²) in [7, 11) is 2.22. The summed E-state index contributed by atoms with van der Waals surface area (Å²) >= 11 is 0. The molecule has 1 heterocycles. The van der Waals surface area contributed by atoms with E-state index in [9.17, 15) is 0 Å². The van der Waals surface area contributed by atoms with Gasteiger partial charge in [-0.25, -0.2) is 0 Å². The highest BCUT2D eigenvalue weighted by atomic mass is 16.3. The van der Waals surface area contributed by atoms with Crippen molar-refractivity contribution in [1.82, 2.24) is 14.7 Å². The Morgan fingerprint density at radius 1 is 1.04 bits per heavy atom. The zero-order chi connectivity index (χ0) is 16.7. The van der Waals surface area contributed by atoms with Gasteiger partial charge in [0.1, 0.15) is 0 Å². The lowest BCUT2D eigenvalue weighted by molar-refractivity contribution is 0.0725. The van der Waals surface area contributed by atoms with Gasteiger partial charge in [0, 0.05) is 52.4 Å². The van der Waals surface area contributed by atoms with Gasteiger partial charge in [-0.1, -0.05) is 44.2 Å². The number of aliphatic hydroxyl groups excluding tert-OH is 1. The molecule has 0 bridgehead atoms. The molecule has 1 aromatic rings. The first kappa shape index (κ1) is 18.4. The molecule has 0 aromatic heterocycles. The zero-order valence-electron chi connectivity index (χ0n) is 15.0. The van der Waals surface area contributed by atoms with Crippen molar-refractivity contribution in [3.8, 4) is 0 Å².